The van der Waals surface area contributed by atoms with Gasteiger partial charge in [0.15, 0.2) is 0 Å². The highest BCUT2D eigenvalue weighted by Gasteiger charge is 2.17. The van der Waals surface area contributed by atoms with Crippen LogP contribution in [-0.4, -0.2) is 42.4 Å². The zero-order valence-electron chi connectivity index (χ0n) is 15.4. The third kappa shape index (κ3) is 6.53. The van der Waals surface area contributed by atoms with Gasteiger partial charge in [-0.15, -0.1) is 0 Å². The summed E-state index contributed by atoms with van der Waals surface area (Å²) in [7, 11) is 1.67. The molecule has 0 radical (unpaired) electrons. The van der Waals surface area contributed by atoms with Crippen LogP contribution in [0.1, 0.15) is 31.6 Å². The van der Waals surface area contributed by atoms with Gasteiger partial charge >= 0.3 is 0 Å². The van der Waals surface area contributed by atoms with Gasteiger partial charge in [0.1, 0.15) is 18.1 Å². The second kappa shape index (κ2) is 10.2. The minimum Gasteiger partial charge on any atom is -0.497 e. The predicted octanol–water partition coefficient (Wildman–Crippen LogP) is 3.47. The number of nitrogens with zero attached hydrogens (tertiary/aromatic N) is 1. The molecule has 25 heavy (non-hydrogen) atoms. The van der Waals surface area contributed by atoms with E-state index in [0.717, 1.165) is 24.5 Å². The number of aliphatic hydroxyl groups excluding tert-OH is 1. The van der Waals surface area contributed by atoms with Gasteiger partial charge in [-0.25, -0.2) is 0 Å². The molecule has 138 valence electrons. The van der Waals surface area contributed by atoms with Crippen LogP contribution in [0, 0.1) is 0 Å². The van der Waals surface area contributed by atoms with Crippen LogP contribution in [0.25, 0.3) is 0 Å². The lowest BCUT2D eigenvalue weighted by Crippen LogP contribution is -2.39. The fourth-order valence-electron chi connectivity index (χ4n) is 2.68. The SMILES string of the molecule is CC[C@H](C)N(Cc1cccc(OC)c1)C[C@H](O)COCc1ccco1. The summed E-state index contributed by atoms with van der Waals surface area (Å²) in [4.78, 5) is 2.27. The first-order valence-electron chi connectivity index (χ1n) is 8.77. The van der Waals surface area contributed by atoms with Gasteiger partial charge in [0.2, 0.25) is 0 Å². The zero-order chi connectivity index (χ0) is 18.1. The van der Waals surface area contributed by atoms with E-state index in [2.05, 4.69) is 24.8 Å². The molecule has 5 nitrogen and oxygen atoms in total. The first-order valence-corrected chi connectivity index (χ1v) is 8.77. The second-order valence-corrected chi connectivity index (χ2v) is 6.29. The summed E-state index contributed by atoms with van der Waals surface area (Å²) in [5, 5.41) is 10.3. The molecule has 0 spiro atoms. The summed E-state index contributed by atoms with van der Waals surface area (Å²) in [5.74, 6) is 1.62. The molecule has 0 aliphatic carbocycles. The lowest BCUT2D eigenvalue weighted by molar-refractivity contribution is -0.00272. The molecule has 1 N–H and O–H groups in total. The minimum atomic E-state index is -0.547. The molecule has 0 aliphatic heterocycles. The van der Waals surface area contributed by atoms with Crippen molar-refractivity contribution in [2.45, 2.75) is 45.6 Å². The Morgan fingerprint density at radius 2 is 2.08 bits per heavy atom. The van der Waals surface area contributed by atoms with E-state index in [1.165, 1.54) is 5.56 Å². The maximum atomic E-state index is 10.3. The molecule has 1 heterocycles. The average molecular weight is 347 g/mol. The monoisotopic (exact) mass is 347 g/mol. The Morgan fingerprint density at radius 3 is 2.76 bits per heavy atom. The van der Waals surface area contributed by atoms with Crippen LogP contribution in [0.5, 0.6) is 5.75 Å². The number of furan rings is 1. The molecule has 0 unspecified atom stereocenters. The number of ether oxygens (including phenoxy) is 2. The Morgan fingerprint density at radius 1 is 1.24 bits per heavy atom. The van der Waals surface area contributed by atoms with Crippen molar-refractivity contribution >= 4 is 0 Å². The highest BCUT2D eigenvalue weighted by molar-refractivity contribution is 5.28. The summed E-state index contributed by atoms with van der Waals surface area (Å²) >= 11 is 0. The lowest BCUT2D eigenvalue weighted by atomic mass is 10.1. The van der Waals surface area contributed by atoms with Crippen LogP contribution in [0.15, 0.2) is 47.1 Å². The molecule has 0 bridgehead atoms. The molecule has 0 fully saturated rings. The number of rotatable bonds is 11. The van der Waals surface area contributed by atoms with Crippen molar-refractivity contribution < 1.29 is 19.0 Å². The maximum absolute atomic E-state index is 10.3. The average Bonchev–Trinajstić information content (AvgIpc) is 3.14. The van der Waals surface area contributed by atoms with E-state index in [4.69, 9.17) is 13.9 Å². The van der Waals surface area contributed by atoms with Crippen LogP contribution >= 0.6 is 0 Å². The summed E-state index contributed by atoms with van der Waals surface area (Å²) in [6.45, 7) is 6.32. The zero-order valence-corrected chi connectivity index (χ0v) is 15.4. The van der Waals surface area contributed by atoms with Crippen LogP contribution in [0.4, 0.5) is 0 Å². The van der Waals surface area contributed by atoms with Gasteiger partial charge in [-0.05, 0) is 43.2 Å². The summed E-state index contributed by atoms with van der Waals surface area (Å²) in [6, 6.07) is 12.1. The Bertz CT molecular complexity index is 600. The predicted molar refractivity (Wildman–Crippen MR) is 97.5 cm³/mol. The van der Waals surface area contributed by atoms with Crippen molar-refractivity contribution in [3.63, 3.8) is 0 Å². The Balaban J connectivity index is 1.87. The number of aliphatic hydroxyl groups is 1. The molecule has 2 rings (SSSR count). The van der Waals surface area contributed by atoms with Gasteiger partial charge in [-0.2, -0.15) is 0 Å². The van der Waals surface area contributed by atoms with Gasteiger partial charge < -0.3 is 19.0 Å². The molecule has 2 atom stereocenters. The van der Waals surface area contributed by atoms with E-state index in [9.17, 15) is 5.11 Å². The smallest absolute Gasteiger partial charge is 0.129 e. The van der Waals surface area contributed by atoms with Crippen molar-refractivity contribution in [2.75, 3.05) is 20.3 Å². The van der Waals surface area contributed by atoms with E-state index >= 15 is 0 Å². The van der Waals surface area contributed by atoms with E-state index in [1.54, 1.807) is 13.4 Å². The molecule has 0 saturated heterocycles. The highest BCUT2D eigenvalue weighted by Crippen LogP contribution is 2.17. The maximum Gasteiger partial charge on any atom is 0.129 e. The molecular formula is C20H29NO4. The van der Waals surface area contributed by atoms with Gasteiger partial charge in [-0.3, -0.25) is 4.90 Å². The topological polar surface area (TPSA) is 55.1 Å². The lowest BCUT2D eigenvalue weighted by Gasteiger charge is -2.30. The Kier molecular flexibility index (Phi) is 7.98. The largest absolute Gasteiger partial charge is 0.497 e. The fourth-order valence-corrected chi connectivity index (χ4v) is 2.68. The third-order valence-corrected chi connectivity index (χ3v) is 4.31. The first kappa shape index (κ1) is 19.5. The summed E-state index contributed by atoms with van der Waals surface area (Å²) < 4.78 is 16.1. The molecule has 0 aliphatic rings. The van der Waals surface area contributed by atoms with Crippen LogP contribution in [-0.2, 0) is 17.9 Å². The molecule has 1 aromatic heterocycles. The Hall–Kier alpha value is -1.82. The minimum absolute atomic E-state index is 0.283. The van der Waals surface area contributed by atoms with Crippen molar-refractivity contribution in [3.8, 4) is 5.75 Å². The van der Waals surface area contributed by atoms with E-state index in [1.807, 2.05) is 30.3 Å². The normalized spacial score (nSPS) is 13.8. The molecule has 0 saturated carbocycles. The molecule has 2 aromatic rings. The van der Waals surface area contributed by atoms with E-state index in [-0.39, 0.29) is 6.61 Å². The van der Waals surface area contributed by atoms with E-state index in [0.29, 0.717) is 19.2 Å². The van der Waals surface area contributed by atoms with Gasteiger partial charge in [0.05, 0.1) is 26.1 Å². The van der Waals surface area contributed by atoms with Gasteiger partial charge in [-0.1, -0.05) is 19.1 Å². The summed E-state index contributed by atoms with van der Waals surface area (Å²) in [5.41, 5.74) is 1.17. The van der Waals surface area contributed by atoms with Crippen molar-refractivity contribution in [3.05, 3.63) is 54.0 Å². The van der Waals surface area contributed by atoms with Crippen LogP contribution in [0.3, 0.4) is 0 Å². The molecular weight excluding hydrogens is 318 g/mol. The quantitative estimate of drug-likeness (QED) is 0.674. The molecule has 0 amide bonds. The van der Waals surface area contributed by atoms with Crippen LogP contribution < -0.4 is 4.74 Å². The second-order valence-electron chi connectivity index (χ2n) is 6.29. The van der Waals surface area contributed by atoms with Gasteiger partial charge in [0.25, 0.3) is 0 Å². The molecule has 5 heteroatoms. The highest BCUT2D eigenvalue weighted by atomic mass is 16.5. The Labute approximate surface area is 150 Å². The standard InChI is InChI=1S/C20H29NO4/c1-4-16(2)21(12-17-7-5-8-19(11-17)23-3)13-18(22)14-24-15-20-9-6-10-25-20/h5-11,16,18,22H,4,12-15H2,1-3H3/t16-,18-/m0/s1. The number of benzene rings is 1. The van der Waals surface area contributed by atoms with E-state index < -0.39 is 6.10 Å². The first-order chi connectivity index (χ1) is 12.1. The molecule has 1 aromatic carbocycles. The number of methoxy groups -OCH3 is 1. The van der Waals surface area contributed by atoms with Gasteiger partial charge in [0, 0.05) is 19.1 Å². The van der Waals surface area contributed by atoms with Crippen LogP contribution in [0.2, 0.25) is 0 Å². The van der Waals surface area contributed by atoms with Crippen molar-refractivity contribution in [1.29, 1.82) is 0 Å². The fraction of sp³-hybridized carbons (Fsp3) is 0.500. The third-order valence-electron chi connectivity index (χ3n) is 4.31. The summed E-state index contributed by atoms with van der Waals surface area (Å²) in [6.07, 6.45) is 2.09. The van der Waals surface area contributed by atoms with Crippen molar-refractivity contribution in [2.24, 2.45) is 0 Å². The number of hydrogen-bond donors (Lipinski definition) is 1. The van der Waals surface area contributed by atoms with Crippen molar-refractivity contribution in [1.82, 2.24) is 4.90 Å². The number of hydrogen-bond acceptors (Lipinski definition) is 5.